The Morgan fingerprint density at radius 3 is 2.62 bits per heavy atom. The van der Waals surface area contributed by atoms with E-state index in [4.69, 9.17) is 11.6 Å². The molecule has 34 heavy (non-hydrogen) atoms. The van der Waals surface area contributed by atoms with E-state index in [9.17, 15) is 23.1 Å². The molecule has 2 heterocycles. The molecule has 176 valence electrons. The zero-order valence-corrected chi connectivity index (χ0v) is 19.3. The van der Waals surface area contributed by atoms with E-state index in [1.807, 2.05) is 0 Å². The fourth-order valence-electron chi connectivity index (χ4n) is 3.61. The highest BCUT2D eigenvalue weighted by atomic mass is 35.5. The number of halogens is 4. The van der Waals surface area contributed by atoms with Gasteiger partial charge in [-0.25, -0.2) is 22.8 Å². The van der Waals surface area contributed by atoms with Gasteiger partial charge in [0.2, 0.25) is 0 Å². The van der Waals surface area contributed by atoms with Gasteiger partial charge in [0.15, 0.2) is 0 Å². The van der Waals surface area contributed by atoms with Crippen LogP contribution in [0.1, 0.15) is 15.2 Å². The van der Waals surface area contributed by atoms with Crippen molar-refractivity contribution in [2.75, 3.05) is 13.6 Å². The molecule has 0 saturated carbocycles. The van der Waals surface area contributed by atoms with Gasteiger partial charge in [0.1, 0.15) is 35.7 Å². The topological polar surface area (TPSA) is 71.2 Å². The molecule has 0 aliphatic rings. The Labute approximate surface area is 201 Å². The zero-order valence-electron chi connectivity index (χ0n) is 17.8. The second-order valence-corrected chi connectivity index (χ2v) is 9.22. The number of likely N-dealkylation sites (N-methyl/N-ethyl adjacent to an activating group) is 1. The van der Waals surface area contributed by atoms with E-state index < -0.39 is 29.0 Å². The molecular weight excluding hydrogens is 489 g/mol. The van der Waals surface area contributed by atoms with E-state index in [1.165, 1.54) is 41.4 Å². The monoisotopic (exact) mass is 506 g/mol. The van der Waals surface area contributed by atoms with E-state index in [1.54, 1.807) is 18.2 Å². The summed E-state index contributed by atoms with van der Waals surface area (Å²) in [5, 5.41) is 15.6. The number of aromatic nitrogens is 3. The predicted molar refractivity (Wildman–Crippen MR) is 122 cm³/mol. The summed E-state index contributed by atoms with van der Waals surface area (Å²) in [5.74, 6) is -2.74. The van der Waals surface area contributed by atoms with Gasteiger partial charge in [-0.2, -0.15) is 5.10 Å². The number of carbonyl (C=O) groups excluding carboxylic acids is 1. The summed E-state index contributed by atoms with van der Waals surface area (Å²) in [6.07, 6.45) is 2.58. The van der Waals surface area contributed by atoms with E-state index in [-0.39, 0.29) is 28.6 Å². The normalized spacial score (nSPS) is 13.0. The van der Waals surface area contributed by atoms with Crippen molar-refractivity contribution in [1.29, 1.82) is 0 Å². The van der Waals surface area contributed by atoms with Crippen LogP contribution in [0, 0.1) is 17.5 Å². The third kappa shape index (κ3) is 4.98. The molecular formula is C23H18ClF3N4O2S. The average Bonchev–Trinajstić information content (AvgIpc) is 3.45. The largest absolute Gasteiger partial charge is 0.381 e. The van der Waals surface area contributed by atoms with Gasteiger partial charge in [0.05, 0.1) is 18.0 Å². The van der Waals surface area contributed by atoms with Crippen LogP contribution in [0.4, 0.5) is 13.2 Å². The Bertz CT molecular complexity index is 1330. The van der Waals surface area contributed by atoms with Gasteiger partial charge in [0, 0.05) is 34.1 Å². The second-order valence-electron chi connectivity index (χ2n) is 7.70. The molecule has 0 aliphatic heterocycles. The standard InChI is InChI=1S/C23H18ClF3N4O2S/c1-30(22(32)21-7-6-20(34-21)16-4-2-14(24)8-18(16)26)10-23(33,11-31-13-28-12-29-31)17-5-3-15(25)9-19(17)27/h2-9,12-13,33H,10-11H2,1H3. The molecule has 1 N–H and O–H groups in total. The summed E-state index contributed by atoms with van der Waals surface area (Å²) in [6.45, 7) is -0.574. The first kappa shape index (κ1) is 23.9. The predicted octanol–water partition coefficient (Wildman–Crippen LogP) is 4.74. The lowest BCUT2D eigenvalue weighted by Crippen LogP contribution is -2.45. The number of thiophene rings is 1. The molecule has 1 unspecified atom stereocenters. The van der Waals surface area contributed by atoms with Gasteiger partial charge >= 0.3 is 0 Å². The SMILES string of the molecule is CN(CC(O)(Cn1cncn1)c1ccc(F)cc1F)C(=O)c1ccc(-c2ccc(Cl)cc2F)s1. The third-order valence-electron chi connectivity index (χ3n) is 5.18. The quantitative estimate of drug-likeness (QED) is 0.393. The molecule has 4 rings (SSSR count). The smallest absolute Gasteiger partial charge is 0.263 e. The van der Waals surface area contributed by atoms with Crippen LogP contribution in [0.5, 0.6) is 0 Å². The van der Waals surface area contributed by atoms with Gasteiger partial charge in [-0.15, -0.1) is 11.3 Å². The zero-order chi connectivity index (χ0) is 24.5. The van der Waals surface area contributed by atoms with Gasteiger partial charge in [-0.05, 0) is 36.4 Å². The minimum atomic E-state index is -1.95. The Morgan fingerprint density at radius 1 is 1.15 bits per heavy atom. The number of amides is 1. The number of nitrogens with zero attached hydrogens (tertiary/aromatic N) is 4. The van der Waals surface area contributed by atoms with Crippen molar-refractivity contribution in [2.24, 2.45) is 0 Å². The van der Waals surface area contributed by atoms with E-state index >= 15 is 0 Å². The van der Waals surface area contributed by atoms with Crippen molar-refractivity contribution in [3.63, 3.8) is 0 Å². The maximum Gasteiger partial charge on any atom is 0.263 e. The second kappa shape index (κ2) is 9.57. The van der Waals surface area contributed by atoms with Crippen LogP contribution < -0.4 is 0 Å². The highest BCUT2D eigenvalue weighted by molar-refractivity contribution is 7.17. The third-order valence-corrected chi connectivity index (χ3v) is 6.52. The number of hydrogen-bond acceptors (Lipinski definition) is 5. The summed E-state index contributed by atoms with van der Waals surface area (Å²) in [7, 11) is 1.44. The van der Waals surface area contributed by atoms with Gasteiger partial charge in [-0.1, -0.05) is 17.7 Å². The van der Waals surface area contributed by atoms with Crippen LogP contribution in [0.2, 0.25) is 5.02 Å². The summed E-state index contributed by atoms with van der Waals surface area (Å²) < 4.78 is 43.7. The fraction of sp³-hybridized carbons (Fsp3) is 0.174. The molecule has 0 aliphatic carbocycles. The first-order valence-corrected chi connectivity index (χ1v) is 11.2. The minimum absolute atomic E-state index is 0.195. The number of rotatable bonds is 7. The van der Waals surface area contributed by atoms with Crippen LogP contribution in [-0.4, -0.2) is 44.3 Å². The summed E-state index contributed by atoms with van der Waals surface area (Å²) in [4.78, 5) is 18.9. The summed E-state index contributed by atoms with van der Waals surface area (Å²) in [6, 6.07) is 10.2. The minimum Gasteiger partial charge on any atom is -0.381 e. The fourth-order valence-corrected chi connectivity index (χ4v) is 4.80. The highest BCUT2D eigenvalue weighted by Crippen LogP contribution is 2.33. The average molecular weight is 507 g/mol. The summed E-state index contributed by atoms with van der Waals surface area (Å²) >= 11 is 6.87. The first-order valence-electron chi connectivity index (χ1n) is 9.97. The number of hydrogen-bond donors (Lipinski definition) is 1. The van der Waals surface area contributed by atoms with Crippen molar-refractivity contribution in [2.45, 2.75) is 12.1 Å². The van der Waals surface area contributed by atoms with Crippen LogP contribution >= 0.6 is 22.9 Å². The van der Waals surface area contributed by atoms with Crippen LogP contribution in [0.3, 0.4) is 0 Å². The summed E-state index contributed by atoms with van der Waals surface area (Å²) in [5.41, 5.74) is -1.84. The molecule has 0 saturated heterocycles. The van der Waals surface area contributed by atoms with E-state index in [0.29, 0.717) is 16.5 Å². The Morgan fingerprint density at radius 2 is 1.94 bits per heavy atom. The van der Waals surface area contributed by atoms with Gasteiger partial charge < -0.3 is 10.0 Å². The van der Waals surface area contributed by atoms with Crippen molar-refractivity contribution in [3.8, 4) is 10.4 Å². The molecule has 1 amide bonds. The molecule has 11 heteroatoms. The van der Waals surface area contributed by atoms with Crippen LogP contribution in [0.15, 0.2) is 61.2 Å². The number of carbonyl (C=O) groups is 1. The molecule has 1 atom stereocenters. The van der Waals surface area contributed by atoms with Crippen molar-refractivity contribution in [1.82, 2.24) is 19.7 Å². The molecule has 0 bridgehead atoms. The highest BCUT2D eigenvalue weighted by Gasteiger charge is 2.36. The Kier molecular flexibility index (Phi) is 6.74. The molecule has 4 aromatic rings. The number of benzene rings is 2. The van der Waals surface area contributed by atoms with Crippen molar-refractivity contribution in [3.05, 3.63) is 94.1 Å². The van der Waals surface area contributed by atoms with Gasteiger partial charge in [-0.3, -0.25) is 4.79 Å². The van der Waals surface area contributed by atoms with Crippen LogP contribution in [0.25, 0.3) is 10.4 Å². The van der Waals surface area contributed by atoms with Crippen LogP contribution in [-0.2, 0) is 12.1 Å². The molecule has 0 radical (unpaired) electrons. The Hall–Kier alpha value is -3.21. The molecule has 2 aromatic carbocycles. The van der Waals surface area contributed by atoms with E-state index in [2.05, 4.69) is 10.1 Å². The van der Waals surface area contributed by atoms with Crippen molar-refractivity contribution < 1.29 is 23.1 Å². The van der Waals surface area contributed by atoms with Crippen molar-refractivity contribution >= 4 is 28.8 Å². The first-order chi connectivity index (χ1) is 16.2. The lowest BCUT2D eigenvalue weighted by Gasteiger charge is -2.33. The molecule has 0 spiro atoms. The van der Waals surface area contributed by atoms with Gasteiger partial charge in [0.25, 0.3) is 5.91 Å². The lowest BCUT2D eigenvalue weighted by atomic mass is 9.92. The molecule has 2 aromatic heterocycles. The maximum absolute atomic E-state index is 14.6. The molecule has 6 nitrogen and oxygen atoms in total. The lowest BCUT2D eigenvalue weighted by molar-refractivity contribution is -0.0127. The maximum atomic E-state index is 14.6. The van der Waals surface area contributed by atoms with E-state index in [0.717, 1.165) is 23.5 Å². The number of aliphatic hydroxyl groups is 1. The Balaban J connectivity index is 1.61. The molecule has 0 fully saturated rings.